The Morgan fingerprint density at radius 2 is 2.22 bits per heavy atom. The van der Waals surface area contributed by atoms with Gasteiger partial charge in [-0.25, -0.2) is 0 Å². The van der Waals surface area contributed by atoms with Crippen LogP contribution in [0.25, 0.3) is 0 Å². The standard InChI is InChI=1S/C12H17BrN2O3/c1-2-7-14-8-4-9-18-12-10(13)5-3-6-11(12)15(16)17/h3,5-6,14H,2,4,7-9H2,1H3. The SMILES string of the molecule is CCCNCCCOc1c(Br)cccc1[N+](=O)[O-]. The zero-order valence-electron chi connectivity index (χ0n) is 10.3. The van der Waals surface area contributed by atoms with Gasteiger partial charge in [-0.05, 0) is 47.9 Å². The lowest BCUT2D eigenvalue weighted by Gasteiger charge is -2.08. The third kappa shape index (κ3) is 4.62. The number of ether oxygens (including phenoxy) is 1. The Balaban J connectivity index is 2.48. The third-order valence-electron chi connectivity index (χ3n) is 2.31. The van der Waals surface area contributed by atoms with E-state index in [9.17, 15) is 10.1 Å². The van der Waals surface area contributed by atoms with E-state index in [2.05, 4.69) is 28.2 Å². The molecule has 1 aromatic rings. The van der Waals surface area contributed by atoms with Gasteiger partial charge in [0.1, 0.15) is 0 Å². The van der Waals surface area contributed by atoms with Gasteiger partial charge in [0.15, 0.2) is 0 Å². The van der Waals surface area contributed by atoms with Crippen molar-refractivity contribution < 1.29 is 9.66 Å². The predicted molar refractivity (Wildman–Crippen MR) is 74.1 cm³/mol. The van der Waals surface area contributed by atoms with Gasteiger partial charge in [0.2, 0.25) is 5.75 Å². The van der Waals surface area contributed by atoms with E-state index < -0.39 is 4.92 Å². The minimum Gasteiger partial charge on any atom is -0.486 e. The highest BCUT2D eigenvalue weighted by Crippen LogP contribution is 2.34. The van der Waals surface area contributed by atoms with Crippen LogP contribution in [0.5, 0.6) is 5.75 Å². The highest BCUT2D eigenvalue weighted by Gasteiger charge is 2.17. The summed E-state index contributed by atoms with van der Waals surface area (Å²) in [6.45, 7) is 4.40. The van der Waals surface area contributed by atoms with Crippen LogP contribution in [0.3, 0.4) is 0 Å². The van der Waals surface area contributed by atoms with Crippen molar-refractivity contribution in [1.82, 2.24) is 5.32 Å². The summed E-state index contributed by atoms with van der Waals surface area (Å²) >= 11 is 3.26. The Bertz CT molecular complexity index is 399. The minimum atomic E-state index is -0.435. The number of nitrogens with one attached hydrogen (secondary N) is 1. The van der Waals surface area contributed by atoms with E-state index in [1.165, 1.54) is 6.07 Å². The average Bonchev–Trinajstić information content (AvgIpc) is 2.34. The maximum absolute atomic E-state index is 10.8. The number of rotatable bonds is 8. The van der Waals surface area contributed by atoms with Gasteiger partial charge in [-0.3, -0.25) is 10.1 Å². The summed E-state index contributed by atoms with van der Waals surface area (Å²) in [7, 11) is 0. The van der Waals surface area contributed by atoms with E-state index >= 15 is 0 Å². The lowest BCUT2D eigenvalue weighted by molar-refractivity contribution is -0.386. The molecule has 6 heteroatoms. The molecule has 0 aliphatic heterocycles. The molecule has 100 valence electrons. The van der Waals surface area contributed by atoms with Crippen molar-refractivity contribution in [3.63, 3.8) is 0 Å². The van der Waals surface area contributed by atoms with Crippen LogP contribution < -0.4 is 10.1 Å². The van der Waals surface area contributed by atoms with Crippen molar-refractivity contribution in [3.8, 4) is 5.75 Å². The fourth-order valence-electron chi connectivity index (χ4n) is 1.46. The molecule has 0 atom stereocenters. The number of nitro groups is 1. The Morgan fingerprint density at radius 3 is 2.89 bits per heavy atom. The Labute approximate surface area is 115 Å². The van der Waals surface area contributed by atoms with Gasteiger partial charge in [-0.15, -0.1) is 0 Å². The van der Waals surface area contributed by atoms with E-state index in [1.54, 1.807) is 12.1 Å². The zero-order chi connectivity index (χ0) is 13.4. The minimum absolute atomic E-state index is 0.00843. The second-order valence-electron chi connectivity index (χ2n) is 3.80. The maximum atomic E-state index is 10.8. The summed E-state index contributed by atoms with van der Waals surface area (Å²) in [5, 5.41) is 14.1. The monoisotopic (exact) mass is 316 g/mol. The molecule has 0 aliphatic carbocycles. The summed E-state index contributed by atoms with van der Waals surface area (Å²) in [6.07, 6.45) is 1.91. The third-order valence-corrected chi connectivity index (χ3v) is 2.94. The van der Waals surface area contributed by atoms with Crippen LogP contribution >= 0.6 is 15.9 Å². The van der Waals surface area contributed by atoms with E-state index in [0.717, 1.165) is 25.9 Å². The molecule has 1 N–H and O–H groups in total. The summed E-state index contributed by atoms with van der Waals surface area (Å²) < 4.78 is 6.09. The first-order valence-electron chi connectivity index (χ1n) is 5.93. The second-order valence-corrected chi connectivity index (χ2v) is 4.65. The summed E-state index contributed by atoms with van der Waals surface area (Å²) in [5.74, 6) is 0.304. The van der Waals surface area contributed by atoms with E-state index in [4.69, 9.17) is 4.74 Å². The van der Waals surface area contributed by atoms with Crippen molar-refractivity contribution >= 4 is 21.6 Å². The number of nitro benzene ring substituents is 1. The van der Waals surface area contributed by atoms with E-state index in [0.29, 0.717) is 16.8 Å². The van der Waals surface area contributed by atoms with Gasteiger partial charge in [0.25, 0.3) is 0 Å². The molecule has 0 amide bonds. The molecule has 1 aromatic carbocycles. The fourth-order valence-corrected chi connectivity index (χ4v) is 1.93. The lowest BCUT2D eigenvalue weighted by Crippen LogP contribution is -2.18. The number of halogens is 1. The van der Waals surface area contributed by atoms with Crippen molar-refractivity contribution in [3.05, 3.63) is 32.8 Å². The summed E-state index contributed by atoms with van der Waals surface area (Å²) in [6, 6.07) is 4.80. The predicted octanol–water partition coefficient (Wildman–Crippen LogP) is 3.13. The van der Waals surface area contributed by atoms with Gasteiger partial charge in [0, 0.05) is 6.07 Å². The van der Waals surface area contributed by atoms with Crippen LogP contribution in [0.1, 0.15) is 19.8 Å². The molecule has 0 aromatic heterocycles. The normalized spacial score (nSPS) is 10.3. The number of hydrogen-bond donors (Lipinski definition) is 1. The van der Waals surface area contributed by atoms with Crippen molar-refractivity contribution in [2.75, 3.05) is 19.7 Å². The van der Waals surface area contributed by atoms with Gasteiger partial charge < -0.3 is 10.1 Å². The highest BCUT2D eigenvalue weighted by molar-refractivity contribution is 9.10. The molecule has 0 fully saturated rings. The molecule has 0 heterocycles. The first kappa shape index (κ1) is 14.9. The first-order valence-corrected chi connectivity index (χ1v) is 6.72. The Morgan fingerprint density at radius 1 is 1.44 bits per heavy atom. The van der Waals surface area contributed by atoms with Crippen molar-refractivity contribution in [2.45, 2.75) is 19.8 Å². The van der Waals surface area contributed by atoms with Crippen LogP contribution in [0.4, 0.5) is 5.69 Å². The molecule has 0 saturated carbocycles. The van der Waals surface area contributed by atoms with Crippen LogP contribution in [0, 0.1) is 10.1 Å². The average molecular weight is 317 g/mol. The number of hydrogen-bond acceptors (Lipinski definition) is 4. The largest absolute Gasteiger partial charge is 0.486 e. The second kappa shape index (κ2) is 8.05. The fraction of sp³-hybridized carbons (Fsp3) is 0.500. The quantitative estimate of drug-likeness (QED) is 0.454. The van der Waals surface area contributed by atoms with Crippen LogP contribution in [0.2, 0.25) is 0 Å². The molecular weight excluding hydrogens is 300 g/mol. The molecule has 0 unspecified atom stereocenters. The first-order chi connectivity index (χ1) is 8.66. The van der Waals surface area contributed by atoms with Gasteiger partial charge >= 0.3 is 5.69 Å². The highest BCUT2D eigenvalue weighted by atomic mass is 79.9. The molecule has 18 heavy (non-hydrogen) atoms. The molecular formula is C12H17BrN2O3. The Hall–Kier alpha value is -1.14. The van der Waals surface area contributed by atoms with Crippen molar-refractivity contribution in [1.29, 1.82) is 0 Å². The smallest absolute Gasteiger partial charge is 0.312 e. The van der Waals surface area contributed by atoms with Crippen LogP contribution in [-0.2, 0) is 0 Å². The topological polar surface area (TPSA) is 64.4 Å². The molecule has 0 radical (unpaired) electrons. The maximum Gasteiger partial charge on any atom is 0.312 e. The van der Waals surface area contributed by atoms with Crippen molar-refractivity contribution in [2.24, 2.45) is 0 Å². The van der Waals surface area contributed by atoms with Gasteiger partial charge in [0.05, 0.1) is 16.0 Å². The molecule has 5 nitrogen and oxygen atoms in total. The molecule has 0 spiro atoms. The van der Waals surface area contributed by atoms with Crippen LogP contribution in [-0.4, -0.2) is 24.6 Å². The number of benzene rings is 1. The molecule has 0 aliphatic rings. The van der Waals surface area contributed by atoms with E-state index in [-0.39, 0.29) is 5.69 Å². The van der Waals surface area contributed by atoms with Gasteiger partial charge in [-0.1, -0.05) is 13.0 Å². The van der Waals surface area contributed by atoms with Crippen LogP contribution in [0.15, 0.2) is 22.7 Å². The molecule has 1 rings (SSSR count). The molecule has 0 saturated heterocycles. The number of para-hydroxylation sites is 1. The van der Waals surface area contributed by atoms with Gasteiger partial charge in [-0.2, -0.15) is 0 Å². The zero-order valence-corrected chi connectivity index (χ0v) is 11.9. The van der Waals surface area contributed by atoms with E-state index in [1.807, 2.05) is 0 Å². The summed E-state index contributed by atoms with van der Waals surface area (Å²) in [5.41, 5.74) is -0.00843. The lowest BCUT2D eigenvalue weighted by atomic mass is 10.3. The molecule has 0 bridgehead atoms. The number of nitrogens with zero attached hydrogens (tertiary/aromatic N) is 1. The Kier molecular flexibility index (Phi) is 6.67. The summed E-state index contributed by atoms with van der Waals surface area (Å²) in [4.78, 5) is 10.4.